The molecule has 1 unspecified atom stereocenters. The molecule has 32 heavy (non-hydrogen) atoms. The third kappa shape index (κ3) is 3.16. The summed E-state index contributed by atoms with van der Waals surface area (Å²) in [5.74, 6) is 3.00. The molecule has 6 nitrogen and oxygen atoms in total. The molecular formula is C26H31N3O3. The quantitative estimate of drug-likeness (QED) is 0.645. The first-order valence-corrected chi connectivity index (χ1v) is 11.7. The van der Waals surface area contributed by atoms with Crippen LogP contribution in [0.25, 0.3) is 5.69 Å². The first-order chi connectivity index (χ1) is 15.6. The molecule has 0 aliphatic carbocycles. The zero-order valence-corrected chi connectivity index (χ0v) is 18.9. The lowest BCUT2D eigenvalue weighted by Crippen LogP contribution is -2.46. The highest BCUT2D eigenvalue weighted by atomic mass is 16.5. The number of furan rings is 1. The molecule has 3 aliphatic rings. The van der Waals surface area contributed by atoms with Gasteiger partial charge in [-0.25, -0.2) is 0 Å². The molecule has 5 heterocycles. The zero-order chi connectivity index (χ0) is 21.8. The minimum atomic E-state index is -0.206. The van der Waals surface area contributed by atoms with Gasteiger partial charge in [0.05, 0.1) is 42.9 Å². The van der Waals surface area contributed by atoms with Crippen molar-refractivity contribution in [2.75, 3.05) is 32.1 Å². The second-order valence-electron chi connectivity index (χ2n) is 9.50. The molecular weight excluding hydrogens is 402 g/mol. The van der Waals surface area contributed by atoms with Crippen LogP contribution in [-0.2, 0) is 23.2 Å². The third-order valence-corrected chi connectivity index (χ3v) is 7.54. The number of rotatable bonds is 4. The fourth-order valence-corrected chi connectivity index (χ4v) is 5.79. The van der Waals surface area contributed by atoms with Crippen molar-refractivity contribution in [3.63, 3.8) is 0 Å². The number of anilines is 1. The highest BCUT2D eigenvalue weighted by molar-refractivity contribution is 5.69. The molecule has 168 valence electrons. The van der Waals surface area contributed by atoms with Crippen LogP contribution in [0.15, 0.2) is 53.1 Å². The normalized spacial score (nSPS) is 23.8. The molecule has 1 atom stereocenters. The first-order valence-electron chi connectivity index (χ1n) is 11.7. The van der Waals surface area contributed by atoms with Crippen molar-refractivity contribution in [2.45, 2.75) is 50.3 Å². The van der Waals surface area contributed by atoms with Crippen molar-refractivity contribution in [3.8, 4) is 11.4 Å². The molecule has 0 radical (unpaired) electrons. The molecule has 6 heteroatoms. The molecule has 0 amide bonds. The number of aryl methyl sites for hydroxylation is 1. The summed E-state index contributed by atoms with van der Waals surface area (Å²) in [6.07, 6.45) is 6.18. The predicted octanol–water partition coefficient (Wildman–Crippen LogP) is 4.72. The first kappa shape index (κ1) is 19.9. The summed E-state index contributed by atoms with van der Waals surface area (Å²) in [4.78, 5) is 2.50. The minimum Gasteiger partial charge on any atom is -0.497 e. The summed E-state index contributed by atoms with van der Waals surface area (Å²) < 4.78 is 20.4. The van der Waals surface area contributed by atoms with Crippen LogP contribution in [-0.4, -0.2) is 41.9 Å². The summed E-state index contributed by atoms with van der Waals surface area (Å²) in [7, 11) is 1.72. The van der Waals surface area contributed by atoms with Crippen LogP contribution < -0.4 is 10.1 Å². The number of fused-ring (bicyclic) bond motifs is 4. The predicted molar refractivity (Wildman–Crippen MR) is 124 cm³/mol. The van der Waals surface area contributed by atoms with Gasteiger partial charge in [-0.1, -0.05) is 6.92 Å². The highest BCUT2D eigenvalue weighted by Crippen LogP contribution is 2.50. The Morgan fingerprint density at radius 2 is 1.94 bits per heavy atom. The Morgan fingerprint density at radius 3 is 2.72 bits per heavy atom. The third-order valence-electron chi connectivity index (χ3n) is 7.54. The monoisotopic (exact) mass is 433 g/mol. The maximum absolute atomic E-state index is 6.64. The molecule has 2 spiro atoms. The van der Waals surface area contributed by atoms with Crippen LogP contribution in [0.1, 0.15) is 43.4 Å². The standard InChI is InChI=1S/C26H31N3O3/c1-3-19-6-7-21(32-19)16-28-13-10-25(11-14-28)17-26(18-31-25)24-5-4-12-29(24)23-9-8-20(30-2)15-22(23)27-26/h4-9,12,15,27H,3,10-11,13-14,16-18H2,1-2H3. The van der Waals surface area contributed by atoms with E-state index in [1.54, 1.807) is 7.11 Å². The van der Waals surface area contributed by atoms with E-state index in [4.69, 9.17) is 13.9 Å². The van der Waals surface area contributed by atoms with E-state index in [2.05, 4.69) is 64.3 Å². The summed E-state index contributed by atoms with van der Waals surface area (Å²) in [6.45, 7) is 5.76. The van der Waals surface area contributed by atoms with Crippen LogP contribution >= 0.6 is 0 Å². The Balaban J connectivity index is 1.20. The number of hydrogen-bond acceptors (Lipinski definition) is 5. The number of aromatic nitrogens is 1. The van der Waals surface area contributed by atoms with E-state index in [1.165, 1.54) is 5.69 Å². The van der Waals surface area contributed by atoms with E-state index >= 15 is 0 Å². The van der Waals surface area contributed by atoms with Crippen LogP contribution in [0.3, 0.4) is 0 Å². The Bertz CT molecular complexity index is 1130. The molecule has 3 aromatic rings. The van der Waals surface area contributed by atoms with E-state index < -0.39 is 0 Å². The second kappa shape index (κ2) is 7.42. The maximum atomic E-state index is 6.64. The van der Waals surface area contributed by atoms with Crippen LogP contribution in [0.2, 0.25) is 0 Å². The van der Waals surface area contributed by atoms with Crippen molar-refractivity contribution in [1.82, 2.24) is 9.47 Å². The van der Waals surface area contributed by atoms with Gasteiger partial charge in [-0.05, 0) is 49.2 Å². The van der Waals surface area contributed by atoms with Gasteiger partial charge in [-0.3, -0.25) is 4.90 Å². The molecule has 6 rings (SSSR count). The molecule has 3 aliphatic heterocycles. The van der Waals surface area contributed by atoms with Gasteiger partial charge in [0.2, 0.25) is 0 Å². The molecule has 1 N–H and O–H groups in total. The molecule has 1 aromatic carbocycles. The lowest BCUT2D eigenvalue weighted by molar-refractivity contribution is -0.0460. The van der Waals surface area contributed by atoms with Gasteiger partial charge in [-0.15, -0.1) is 0 Å². The van der Waals surface area contributed by atoms with Gasteiger partial charge in [0, 0.05) is 38.2 Å². The summed E-state index contributed by atoms with van der Waals surface area (Å²) >= 11 is 0. The number of benzene rings is 1. The Labute approximate surface area is 189 Å². The number of ether oxygens (including phenoxy) is 2. The summed E-state index contributed by atoms with van der Waals surface area (Å²) in [5.41, 5.74) is 3.28. The molecule has 2 fully saturated rings. The average Bonchev–Trinajstić information content (AvgIpc) is 3.55. The number of piperidine rings is 1. The van der Waals surface area contributed by atoms with Gasteiger partial charge in [-0.2, -0.15) is 0 Å². The van der Waals surface area contributed by atoms with Gasteiger partial charge in [0.15, 0.2) is 0 Å². The molecule has 0 saturated carbocycles. The van der Waals surface area contributed by atoms with E-state index in [0.717, 1.165) is 74.0 Å². The number of likely N-dealkylation sites (tertiary alicyclic amines) is 1. The van der Waals surface area contributed by atoms with Crippen molar-refractivity contribution in [1.29, 1.82) is 0 Å². The van der Waals surface area contributed by atoms with Gasteiger partial charge >= 0.3 is 0 Å². The summed E-state index contributed by atoms with van der Waals surface area (Å²) in [6, 6.07) is 14.8. The van der Waals surface area contributed by atoms with Gasteiger partial charge in [0.1, 0.15) is 22.8 Å². The van der Waals surface area contributed by atoms with E-state index in [9.17, 15) is 0 Å². The number of nitrogens with one attached hydrogen (secondary N) is 1. The van der Waals surface area contributed by atoms with Crippen molar-refractivity contribution in [3.05, 3.63) is 65.9 Å². The van der Waals surface area contributed by atoms with Gasteiger partial charge < -0.3 is 23.8 Å². The van der Waals surface area contributed by atoms with Crippen LogP contribution in [0.5, 0.6) is 5.75 Å². The lowest BCUT2D eigenvalue weighted by atomic mass is 9.79. The maximum Gasteiger partial charge on any atom is 0.121 e. The zero-order valence-electron chi connectivity index (χ0n) is 18.9. The van der Waals surface area contributed by atoms with Crippen molar-refractivity contribution >= 4 is 5.69 Å². The van der Waals surface area contributed by atoms with Crippen LogP contribution in [0, 0.1) is 0 Å². The lowest BCUT2D eigenvalue weighted by Gasteiger charge is -2.41. The Kier molecular flexibility index (Phi) is 4.63. The van der Waals surface area contributed by atoms with Crippen LogP contribution in [0.4, 0.5) is 5.69 Å². The van der Waals surface area contributed by atoms with E-state index in [0.29, 0.717) is 6.61 Å². The number of nitrogens with zero attached hydrogens (tertiary/aromatic N) is 2. The smallest absolute Gasteiger partial charge is 0.121 e. The van der Waals surface area contributed by atoms with E-state index in [1.807, 2.05) is 6.07 Å². The average molecular weight is 434 g/mol. The second-order valence-corrected chi connectivity index (χ2v) is 9.50. The largest absolute Gasteiger partial charge is 0.497 e. The fraction of sp³-hybridized carbons (Fsp3) is 0.462. The molecule has 2 aromatic heterocycles. The van der Waals surface area contributed by atoms with E-state index in [-0.39, 0.29) is 11.1 Å². The Morgan fingerprint density at radius 1 is 1.09 bits per heavy atom. The SMILES string of the molecule is CCc1ccc(CN2CCC3(CC2)CC2(CO3)Nc3cc(OC)ccc3-n3cccc32)o1. The van der Waals surface area contributed by atoms with Gasteiger partial charge in [0.25, 0.3) is 0 Å². The highest BCUT2D eigenvalue weighted by Gasteiger charge is 2.53. The summed E-state index contributed by atoms with van der Waals surface area (Å²) in [5, 5.41) is 3.87. The minimum absolute atomic E-state index is 0.0767. The molecule has 2 saturated heterocycles. The van der Waals surface area contributed by atoms with Crippen molar-refractivity contribution in [2.24, 2.45) is 0 Å². The molecule has 0 bridgehead atoms. The Hall–Kier alpha value is -2.70. The topological polar surface area (TPSA) is 51.8 Å². The van der Waals surface area contributed by atoms with Crippen molar-refractivity contribution < 1.29 is 13.9 Å². The number of methoxy groups -OCH3 is 1. The number of hydrogen-bond donors (Lipinski definition) is 1. The fourth-order valence-electron chi connectivity index (χ4n) is 5.79.